The predicted octanol–water partition coefficient (Wildman–Crippen LogP) is 2.52. The van der Waals surface area contributed by atoms with Gasteiger partial charge in [-0.3, -0.25) is 4.79 Å². The van der Waals surface area contributed by atoms with E-state index in [1.165, 1.54) is 0 Å². The van der Waals surface area contributed by atoms with Gasteiger partial charge >= 0.3 is 5.97 Å². The molecule has 1 aliphatic rings. The van der Waals surface area contributed by atoms with E-state index in [2.05, 4.69) is 0 Å². The molecule has 0 amide bonds. The fraction of sp³-hybridized carbons (Fsp3) is 0.500. The van der Waals surface area contributed by atoms with E-state index in [-0.39, 0.29) is 17.9 Å². The molecule has 0 spiro atoms. The monoisotopic (exact) mass is 233 g/mol. The number of hydrogen-bond acceptors (Lipinski definition) is 3. The Balaban J connectivity index is 2.23. The van der Waals surface area contributed by atoms with Crippen molar-refractivity contribution in [3.63, 3.8) is 0 Å². The Bertz CT molecular complexity index is 434. The van der Waals surface area contributed by atoms with E-state index < -0.39 is 5.60 Å². The van der Waals surface area contributed by atoms with Crippen LogP contribution in [0.25, 0.3) is 0 Å². The van der Waals surface area contributed by atoms with Crippen LogP contribution in [0.4, 0.5) is 0 Å². The summed E-state index contributed by atoms with van der Waals surface area (Å²) in [4.78, 5) is 12.1. The number of rotatable bonds is 1. The molecule has 2 rings (SSSR count). The highest BCUT2D eigenvalue weighted by Gasteiger charge is 2.35. The van der Waals surface area contributed by atoms with Crippen LogP contribution in [0.15, 0.2) is 24.3 Å². The standard InChI is InChI=1S/C14H19NO2/c1-14(2,3)17-13(16)11-8-12(15)10-7-5-4-6-9(10)11/h4-7,11-12H,8,15H2,1-3H3/t11-,12+/m1/s1. The van der Waals surface area contributed by atoms with E-state index in [0.29, 0.717) is 6.42 Å². The largest absolute Gasteiger partial charge is 0.459 e. The maximum Gasteiger partial charge on any atom is 0.314 e. The van der Waals surface area contributed by atoms with Gasteiger partial charge in [-0.2, -0.15) is 0 Å². The summed E-state index contributed by atoms with van der Waals surface area (Å²) in [5.41, 5.74) is 7.68. The number of hydrogen-bond donors (Lipinski definition) is 1. The zero-order valence-electron chi connectivity index (χ0n) is 10.6. The summed E-state index contributed by atoms with van der Waals surface area (Å²) in [6, 6.07) is 7.80. The van der Waals surface area contributed by atoms with E-state index in [9.17, 15) is 4.79 Å². The number of carbonyl (C=O) groups is 1. The van der Waals surface area contributed by atoms with Crippen molar-refractivity contribution in [2.75, 3.05) is 0 Å². The van der Waals surface area contributed by atoms with Gasteiger partial charge in [0, 0.05) is 6.04 Å². The molecule has 0 heterocycles. The van der Waals surface area contributed by atoms with Crippen molar-refractivity contribution in [1.82, 2.24) is 0 Å². The van der Waals surface area contributed by atoms with E-state index >= 15 is 0 Å². The van der Waals surface area contributed by atoms with Crippen molar-refractivity contribution in [2.24, 2.45) is 5.73 Å². The SMILES string of the molecule is CC(C)(C)OC(=O)[C@@H]1C[C@H](N)c2ccccc21. The molecule has 0 aliphatic heterocycles. The highest BCUT2D eigenvalue weighted by atomic mass is 16.6. The quantitative estimate of drug-likeness (QED) is 0.758. The van der Waals surface area contributed by atoms with E-state index in [1.807, 2.05) is 45.0 Å². The maximum atomic E-state index is 12.1. The van der Waals surface area contributed by atoms with Gasteiger partial charge in [0.05, 0.1) is 5.92 Å². The molecule has 1 aromatic carbocycles. The molecule has 2 atom stereocenters. The van der Waals surface area contributed by atoms with Crippen LogP contribution in [0.5, 0.6) is 0 Å². The first kappa shape index (κ1) is 12.1. The molecule has 1 aliphatic carbocycles. The average molecular weight is 233 g/mol. The molecule has 0 fully saturated rings. The molecular weight excluding hydrogens is 214 g/mol. The summed E-state index contributed by atoms with van der Waals surface area (Å²) in [5, 5.41) is 0. The van der Waals surface area contributed by atoms with Crippen LogP contribution >= 0.6 is 0 Å². The topological polar surface area (TPSA) is 52.3 Å². The highest BCUT2D eigenvalue weighted by molar-refractivity contribution is 5.80. The first-order chi connectivity index (χ1) is 7.88. The molecule has 0 saturated heterocycles. The zero-order chi connectivity index (χ0) is 12.6. The molecule has 92 valence electrons. The van der Waals surface area contributed by atoms with Gasteiger partial charge in [0.25, 0.3) is 0 Å². The van der Waals surface area contributed by atoms with Crippen molar-refractivity contribution in [1.29, 1.82) is 0 Å². The lowest BCUT2D eigenvalue weighted by Gasteiger charge is -2.22. The summed E-state index contributed by atoms with van der Waals surface area (Å²) in [6.07, 6.45) is 0.647. The van der Waals surface area contributed by atoms with Crippen LogP contribution in [0.2, 0.25) is 0 Å². The van der Waals surface area contributed by atoms with Crippen LogP contribution in [-0.2, 0) is 9.53 Å². The van der Waals surface area contributed by atoms with Crippen LogP contribution < -0.4 is 5.73 Å². The second-order valence-electron chi connectivity index (χ2n) is 5.56. The third kappa shape index (κ3) is 2.50. The van der Waals surface area contributed by atoms with E-state index in [0.717, 1.165) is 11.1 Å². The summed E-state index contributed by atoms with van der Waals surface area (Å²) < 4.78 is 5.43. The number of ether oxygens (including phenoxy) is 1. The van der Waals surface area contributed by atoms with Gasteiger partial charge in [0.15, 0.2) is 0 Å². The van der Waals surface area contributed by atoms with Crippen LogP contribution in [0.3, 0.4) is 0 Å². The normalized spacial score (nSPS) is 23.3. The predicted molar refractivity (Wildman–Crippen MR) is 66.6 cm³/mol. The Morgan fingerprint density at radius 2 is 1.88 bits per heavy atom. The van der Waals surface area contributed by atoms with Gasteiger partial charge in [0.2, 0.25) is 0 Å². The number of esters is 1. The van der Waals surface area contributed by atoms with Gasteiger partial charge in [0.1, 0.15) is 5.60 Å². The minimum Gasteiger partial charge on any atom is -0.459 e. The molecule has 2 N–H and O–H groups in total. The van der Waals surface area contributed by atoms with Crippen molar-refractivity contribution >= 4 is 5.97 Å². The van der Waals surface area contributed by atoms with Crippen molar-refractivity contribution in [2.45, 2.75) is 44.8 Å². The Hall–Kier alpha value is -1.35. The van der Waals surface area contributed by atoms with Gasteiger partial charge in [-0.1, -0.05) is 24.3 Å². The van der Waals surface area contributed by atoms with Gasteiger partial charge < -0.3 is 10.5 Å². The molecule has 3 nitrogen and oxygen atoms in total. The molecule has 0 radical (unpaired) electrons. The van der Waals surface area contributed by atoms with Crippen molar-refractivity contribution in [3.05, 3.63) is 35.4 Å². The summed E-state index contributed by atoms with van der Waals surface area (Å²) >= 11 is 0. The lowest BCUT2D eigenvalue weighted by atomic mass is 10.0. The molecule has 0 saturated carbocycles. The lowest BCUT2D eigenvalue weighted by molar-refractivity contribution is -0.156. The second-order valence-corrected chi connectivity index (χ2v) is 5.56. The van der Waals surface area contributed by atoms with E-state index in [4.69, 9.17) is 10.5 Å². The first-order valence-electron chi connectivity index (χ1n) is 5.96. The first-order valence-corrected chi connectivity index (χ1v) is 5.96. The maximum absolute atomic E-state index is 12.1. The molecular formula is C14H19NO2. The second kappa shape index (κ2) is 4.15. The third-order valence-electron chi connectivity index (χ3n) is 2.95. The summed E-state index contributed by atoms with van der Waals surface area (Å²) in [5.74, 6) is -0.377. The Morgan fingerprint density at radius 3 is 2.47 bits per heavy atom. The lowest BCUT2D eigenvalue weighted by Crippen LogP contribution is -2.27. The molecule has 17 heavy (non-hydrogen) atoms. The molecule has 0 unspecified atom stereocenters. The van der Waals surface area contributed by atoms with Gasteiger partial charge in [-0.25, -0.2) is 0 Å². The summed E-state index contributed by atoms with van der Waals surface area (Å²) in [6.45, 7) is 5.64. The van der Waals surface area contributed by atoms with Crippen molar-refractivity contribution < 1.29 is 9.53 Å². The van der Waals surface area contributed by atoms with Crippen LogP contribution in [0.1, 0.15) is 50.3 Å². The molecule has 0 bridgehead atoms. The highest BCUT2D eigenvalue weighted by Crippen LogP contribution is 2.39. The third-order valence-corrected chi connectivity index (χ3v) is 2.95. The molecule has 0 aromatic heterocycles. The Labute approximate surface area is 102 Å². The molecule has 1 aromatic rings. The number of nitrogens with two attached hydrogens (primary N) is 1. The van der Waals surface area contributed by atoms with Crippen LogP contribution in [0, 0.1) is 0 Å². The smallest absolute Gasteiger partial charge is 0.314 e. The summed E-state index contributed by atoms with van der Waals surface area (Å²) in [7, 11) is 0. The molecule has 3 heteroatoms. The van der Waals surface area contributed by atoms with Crippen LogP contribution in [-0.4, -0.2) is 11.6 Å². The number of carbonyl (C=O) groups excluding carboxylic acids is 1. The van der Waals surface area contributed by atoms with Crippen molar-refractivity contribution in [3.8, 4) is 0 Å². The number of benzene rings is 1. The van der Waals surface area contributed by atoms with Gasteiger partial charge in [-0.15, -0.1) is 0 Å². The zero-order valence-corrected chi connectivity index (χ0v) is 10.6. The number of fused-ring (bicyclic) bond motifs is 1. The Kier molecular flexibility index (Phi) is 2.96. The average Bonchev–Trinajstić information content (AvgIpc) is 2.55. The fourth-order valence-corrected chi connectivity index (χ4v) is 2.27. The van der Waals surface area contributed by atoms with Gasteiger partial charge in [-0.05, 0) is 38.3 Å². The minimum atomic E-state index is -0.446. The minimum absolute atomic E-state index is 0.0521. The van der Waals surface area contributed by atoms with E-state index in [1.54, 1.807) is 0 Å². The fourth-order valence-electron chi connectivity index (χ4n) is 2.27. The Morgan fingerprint density at radius 1 is 1.29 bits per heavy atom.